The second-order valence-corrected chi connectivity index (χ2v) is 2.59. The molecule has 0 aliphatic heterocycles. The highest BCUT2D eigenvalue weighted by Crippen LogP contribution is 2.20. The zero-order chi connectivity index (χ0) is 7.28. The quantitative estimate of drug-likeness (QED) is 0.622. The summed E-state index contributed by atoms with van der Waals surface area (Å²) < 4.78 is 14.7. The van der Waals surface area contributed by atoms with Gasteiger partial charge in [-0.25, -0.2) is 0 Å². The largest absolute Gasteiger partial charge is 0.326 e. The molecule has 1 atom stereocenters. The Bertz CT molecular complexity index is 90.2. The van der Waals surface area contributed by atoms with Crippen molar-refractivity contribution in [1.82, 2.24) is 0 Å². The molecule has 1 N–H and O–H groups in total. The van der Waals surface area contributed by atoms with Crippen molar-refractivity contribution in [2.45, 2.75) is 32.8 Å². The molecule has 56 valence electrons. The van der Waals surface area contributed by atoms with Crippen LogP contribution in [0.25, 0.3) is 0 Å². The minimum atomic E-state index is -2.71. The summed E-state index contributed by atoms with van der Waals surface area (Å²) in [5, 5.41) is 0. The summed E-state index contributed by atoms with van der Waals surface area (Å²) in [7, 11) is -2.71. The molecule has 0 saturated carbocycles. The first kappa shape index (κ1) is 9.15. The van der Waals surface area contributed by atoms with E-state index in [0.29, 0.717) is 0 Å². The summed E-state index contributed by atoms with van der Waals surface area (Å²) in [6, 6.07) is 0. The van der Waals surface area contributed by atoms with E-state index in [9.17, 15) is 4.57 Å². The first-order chi connectivity index (χ1) is 4.20. The predicted octanol–water partition coefficient (Wildman–Crippen LogP) is 1.57. The van der Waals surface area contributed by atoms with Gasteiger partial charge in [-0.05, 0) is 12.8 Å². The molecule has 0 radical (unpaired) electrons. The van der Waals surface area contributed by atoms with E-state index in [-0.39, 0.29) is 6.10 Å². The monoisotopic (exact) mass is 152 g/mol. The number of rotatable bonds is 4. The first-order valence-electron chi connectivity index (χ1n) is 3.10. The molecule has 0 saturated heterocycles. The minimum absolute atomic E-state index is 0.0404. The third-order valence-corrected chi connectivity index (χ3v) is 1.71. The van der Waals surface area contributed by atoms with Crippen LogP contribution in [0.5, 0.6) is 0 Å². The molecular weight excluding hydrogens is 139 g/mol. The van der Waals surface area contributed by atoms with E-state index >= 15 is 0 Å². The van der Waals surface area contributed by atoms with Crippen LogP contribution in [0.1, 0.15) is 26.7 Å². The van der Waals surface area contributed by atoms with Gasteiger partial charge in [-0.15, -0.1) is 0 Å². The molecule has 0 fully saturated rings. The summed E-state index contributed by atoms with van der Waals surface area (Å²) in [5.41, 5.74) is 0. The van der Waals surface area contributed by atoms with Crippen LogP contribution >= 0.6 is 8.25 Å². The Labute approximate surface area is 56.0 Å². The summed E-state index contributed by atoms with van der Waals surface area (Å²) in [6.07, 6.45) is 1.56. The van der Waals surface area contributed by atoms with E-state index in [2.05, 4.69) is 4.52 Å². The predicted molar refractivity (Wildman–Crippen MR) is 36.7 cm³/mol. The standard InChI is InChI=1S/C5H13O3P/c1-3-5(4-2)8-9(6)7/h5,9H,3-4H2,1-2H3,(H,6,7). The average molecular weight is 152 g/mol. The Balaban J connectivity index is 3.43. The molecule has 3 nitrogen and oxygen atoms in total. The highest BCUT2D eigenvalue weighted by atomic mass is 31.1. The Kier molecular flexibility index (Phi) is 5.06. The molecule has 0 aromatic heterocycles. The third kappa shape index (κ3) is 4.64. The lowest BCUT2D eigenvalue weighted by atomic mass is 10.2. The van der Waals surface area contributed by atoms with Gasteiger partial charge in [-0.2, -0.15) is 0 Å². The van der Waals surface area contributed by atoms with Crippen LogP contribution in [-0.4, -0.2) is 11.0 Å². The van der Waals surface area contributed by atoms with E-state index in [1.54, 1.807) is 0 Å². The minimum Gasteiger partial charge on any atom is -0.326 e. The SMILES string of the molecule is CCC(CC)O[PH](=O)O. The molecule has 1 unspecified atom stereocenters. The van der Waals surface area contributed by atoms with Gasteiger partial charge in [0.25, 0.3) is 0 Å². The Morgan fingerprint density at radius 2 is 2.00 bits per heavy atom. The van der Waals surface area contributed by atoms with Crippen LogP contribution in [0.4, 0.5) is 0 Å². The second-order valence-electron chi connectivity index (χ2n) is 1.82. The van der Waals surface area contributed by atoms with Gasteiger partial charge < -0.3 is 9.42 Å². The molecule has 0 aliphatic carbocycles. The lowest BCUT2D eigenvalue weighted by Gasteiger charge is -2.09. The fraction of sp³-hybridized carbons (Fsp3) is 1.00. The van der Waals surface area contributed by atoms with Crippen molar-refractivity contribution in [3.8, 4) is 0 Å². The van der Waals surface area contributed by atoms with Gasteiger partial charge in [0.1, 0.15) is 0 Å². The molecule has 0 spiro atoms. The molecule has 0 amide bonds. The molecule has 0 aromatic carbocycles. The topological polar surface area (TPSA) is 46.5 Å². The Morgan fingerprint density at radius 1 is 1.56 bits per heavy atom. The van der Waals surface area contributed by atoms with Crippen LogP contribution in [0.15, 0.2) is 0 Å². The number of hydrogen-bond donors (Lipinski definition) is 1. The van der Waals surface area contributed by atoms with E-state index in [0.717, 1.165) is 12.8 Å². The molecule has 0 aromatic rings. The van der Waals surface area contributed by atoms with E-state index < -0.39 is 8.25 Å². The molecule has 0 rings (SSSR count). The maximum absolute atomic E-state index is 10.1. The lowest BCUT2D eigenvalue weighted by molar-refractivity contribution is 0.180. The van der Waals surface area contributed by atoms with Crippen molar-refractivity contribution in [2.24, 2.45) is 0 Å². The lowest BCUT2D eigenvalue weighted by Crippen LogP contribution is -2.04. The third-order valence-electron chi connectivity index (χ3n) is 1.18. The smallest absolute Gasteiger partial charge is 0.316 e. The summed E-state index contributed by atoms with van der Waals surface area (Å²) >= 11 is 0. The van der Waals surface area contributed by atoms with Crippen molar-refractivity contribution >= 4 is 8.25 Å². The zero-order valence-electron chi connectivity index (χ0n) is 5.76. The van der Waals surface area contributed by atoms with Gasteiger partial charge >= 0.3 is 8.25 Å². The van der Waals surface area contributed by atoms with Crippen LogP contribution in [0, 0.1) is 0 Å². The van der Waals surface area contributed by atoms with Crippen molar-refractivity contribution in [2.75, 3.05) is 0 Å². The molecule has 4 heteroatoms. The highest BCUT2D eigenvalue weighted by molar-refractivity contribution is 7.32. The maximum atomic E-state index is 10.1. The Morgan fingerprint density at radius 3 is 2.11 bits per heavy atom. The highest BCUT2D eigenvalue weighted by Gasteiger charge is 2.04. The summed E-state index contributed by atoms with van der Waals surface area (Å²) in [4.78, 5) is 8.31. The van der Waals surface area contributed by atoms with E-state index in [4.69, 9.17) is 4.89 Å². The van der Waals surface area contributed by atoms with Crippen LogP contribution in [-0.2, 0) is 9.09 Å². The van der Waals surface area contributed by atoms with Gasteiger partial charge in [0.15, 0.2) is 0 Å². The Hall–Kier alpha value is 0.150. The van der Waals surface area contributed by atoms with E-state index in [1.165, 1.54) is 0 Å². The van der Waals surface area contributed by atoms with Crippen LogP contribution in [0.3, 0.4) is 0 Å². The van der Waals surface area contributed by atoms with Crippen molar-refractivity contribution in [3.05, 3.63) is 0 Å². The molecule has 9 heavy (non-hydrogen) atoms. The van der Waals surface area contributed by atoms with Crippen molar-refractivity contribution in [1.29, 1.82) is 0 Å². The molecule has 0 bridgehead atoms. The van der Waals surface area contributed by atoms with Gasteiger partial charge in [-0.3, -0.25) is 4.57 Å². The molecule has 0 aliphatic rings. The van der Waals surface area contributed by atoms with E-state index in [1.807, 2.05) is 13.8 Å². The zero-order valence-corrected chi connectivity index (χ0v) is 6.76. The van der Waals surface area contributed by atoms with Gasteiger partial charge in [-0.1, -0.05) is 13.8 Å². The van der Waals surface area contributed by atoms with Crippen LogP contribution in [0.2, 0.25) is 0 Å². The second kappa shape index (κ2) is 4.98. The van der Waals surface area contributed by atoms with Gasteiger partial charge in [0.05, 0.1) is 6.10 Å². The summed E-state index contributed by atoms with van der Waals surface area (Å²) in [6.45, 7) is 3.86. The van der Waals surface area contributed by atoms with Gasteiger partial charge in [0, 0.05) is 0 Å². The maximum Gasteiger partial charge on any atom is 0.316 e. The number of hydrogen-bond acceptors (Lipinski definition) is 2. The normalized spacial score (nSPS) is 14.2. The fourth-order valence-electron chi connectivity index (χ4n) is 0.598. The first-order valence-corrected chi connectivity index (χ1v) is 4.36. The fourth-order valence-corrected chi connectivity index (χ4v) is 1.22. The van der Waals surface area contributed by atoms with Crippen molar-refractivity contribution in [3.63, 3.8) is 0 Å². The molecule has 0 heterocycles. The van der Waals surface area contributed by atoms with Gasteiger partial charge in [0.2, 0.25) is 0 Å². The van der Waals surface area contributed by atoms with Crippen LogP contribution < -0.4 is 0 Å². The average Bonchev–Trinajstić information content (AvgIpc) is 1.82. The molecular formula is C5H13O3P. The summed E-state index contributed by atoms with van der Waals surface area (Å²) in [5.74, 6) is 0. The van der Waals surface area contributed by atoms with Crippen molar-refractivity contribution < 1.29 is 14.0 Å².